The Labute approximate surface area is 178 Å². The Morgan fingerprint density at radius 3 is 2.57 bits per heavy atom. The minimum absolute atomic E-state index is 0.301. The molecule has 1 saturated carbocycles. The van der Waals surface area contributed by atoms with E-state index in [1.165, 1.54) is 12.8 Å². The van der Waals surface area contributed by atoms with Crippen LogP contribution in [0.1, 0.15) is 57.4 Å². The van der Waals surface area contributed by atoms with Crippen molar-refractivity contribution in [2.75, 3.05) is 23.7 Å². The van der Waals surface area contributed by atoms with E-state index in [9.17, 15) is 4.79 Å². The van der Waals surface area contributed by atoms with Gasteiger partial charge in [-0.15, -0.1) is 0 Å². The lowest BCUT2D eigenvalue weighted by Crippen LogP contribution is -2.45. The van der Waals surface area contributed by atoms with Crippen molar-refractivity contribution in [1.82, 2.24) is 24.6 Å². The first-order valence-electron chi connectivity index (χ1n) is 11.1. The first kappa shape index (κ1) is 20.6. The molecule has 0 bridgehead atoms. The molecule has 0 radical (unpaired) electrons. The summed E-state index contributed by atoms with van der Waals surface area (Å²) in [5.74, 6) is 1.78. The molecular weight excluding hydrogens is 378 g/mol. The van der Waals surface area contributed by atoms with Crippen molar-refractivity contribution in [2.24, 2.45) is 12.5 Å². The zero-order valence-electron chi connectivity index (χ0n) is 18.3. The summed E-state index contributed by atoms with van der Waals surface area (Å²) in [6, 6.07) is 0.436. The summed E-state index contributed by atoms with van der Waals surface area (Å²) in [6.45, 7) is 5.86. The maximum atomic E-state index is 12.0. The highest BCUT2D eigenvalue weighted by molar-refractivity contribution is 5.75. The van der Waals surface area contributed by atoms with Crippen LogP contribution in [0, 0.1) is 12.3 Å². The van der Waals surface area contributed by atoms with Gasteiger partial charge in [0.05, 0.1) is 11.9 Å². The number of anilines is 3. The van der Waals surface area contributed by atoms with Crippen LogP contribution >= 0.6 is 0 Å². The normalized spacial score (nSPS) is 19.1. The van der Waals surface area contributed by atoms with Gasteiger partial charge in [-0.2, -0.15) is 10.1 Å². The lowest BCUT2D eigenvalue weighted by Gasteiger charge is -2.46. The van der Waals surface area contributed by atoms with E-state index in [1.54, 1.807) is 10.9 Å². The molecule has 2 aromatic heterocycles. The maximum absolute atomic E-state index is 12.0. The van der Waals surface area contributed by atoms with E-state index in [0.29, 0.717) is 29.7 Å². The van der Waals surface area contributed by atoms with Crippen LogP contribution in [0.25, 0.3) is 0 Å². The van der Waals surface area contributed by atoms with Crippen LogP contribution in [0.5, 0.6) is 0 Å². The molecule has 1 aliphatic heterocycles. The predicted molar refractivity (Wildman–Crippen MR) is 118 cm³/mol. The molecule has 1 amide bonds. The maximum Gasteiger partial charge on any atom is 0.229 e. The largest absolute Gasteiger partial charge is 0.367 e. The minimum atomic E-state index is 0.301. The highest BCUT2D eigenvalue weighted by Crippen LogP contribution is 2.45. The monoisotopic (exact) mass is 411 g/mol. The first-order chi connectivity index (χ1) is 14.5. The third-order valence-corrected chi connectivity index (χ3v) is 6.80. The predicted octanol–water partition coefficient (Wildman–Crippen LogP) is 3.64. The van der Waals surface area contributed by atoms with Gasteiger partial charge in [-0.1, -0.05) is 6.92 Å². The molecule has 0 aromatic carbocycles. The van der Waals surface area contributed by atoms with Crippen molar-refractivity contribution >= 4 is 23.4 Å². The Morgan fingerprint density at radius 1 is 1.20 bits per heavy atom. The van der Waals surface area contributed by atoms with Gasteiger partial charge in [0, 0.05) is 50.6 Å². The Morgan fingerprint density at radius 2 is 1.93 bits per heavy atom. The number of aromatic nitrogens is 4. The number of hydrogen-bond acceptors (Lipinski definition) is 6. The zero-order chi connectivity index (χ0) is 21.1. The van der Waals surface area contributed by atoms with E-state index in [0.717, 1.165) is 55.8 Å². The molecule has 1 spiro atoms. The number of carbonyl (C=O) groups is 1. The fraction of sp³-hybridized carbons (Fsp3) is 0.636. The number of carbonyl (C=O) groups excluding carboxylic acids is 1. The fourth-order valence-corrected chi connectivity index (χ4v) is 4.79. The topological polar surface area (TPSA) is 88.0 Å². The van der Waals surface area contributed by atoms with Gasteiger partial charge in [-0.05, 0) is 50.9 Å². The van der Waals surface area contributed by atoms with Crippen molar-refractivity contribution in [3.8, 4) is 0 Å². The van der Waals surface area contributed by atoms with Gasteiger partial charge < -0.3 is 15.5 Å². The van der Waals surface area contributed by atoms with Gasteiger partial charge in [-0.25, -0.2) is 4.98 Å². The molecular formula is C22H33N7O. The number of hydrogen-bond donors (Lipinski definition) is 2. The lowest BCUT2D eigenvalue weighted by molar-refractivity contribution is -0.133. The second kappa shape index (κ2) is 8.62. The van der Waals surface area contributed by atoms with Crippen LogP contribution in [-0.2, 0) is 11.8 Å². The molecule has 2 aliphatic rings. The van der Waals surface area contributed by atoms with Crippen LogP contribution in [0.2, 0.25) is 0 Å². The number of likely N-dealkylation sites (tertiary alicyclic amines) is 1. The molecule has 2 fully saturated rings. The fourth-order valence-electron chi connectivity index (χ4n) is 4.79. The SMILES string of the molecule is CCC(=O)N1CCC2(CCC(Nc3nc(Nc4cnn(C)c4)ncc3C)CC2)CC1. The van der Waals surface area contributed by atoms with Gasteiger partial charge in [0.1, 0.15) is 5.82 Å². The van der Waals surface area contributed by atoms with Crippen LogP contribution in [0.4, 0.5) is 17.5 Å². The molecule has 1 saturated heterocycles. The average Bonchev–Trinajstić information content (AvgIpc) is 3.17. The molecule has 4 rings (SSSR count). The summed E-state index contributed by atoms with van der Waals surface area (Å²) >= 11 is 0. The number of amides is 1. The van der Waals surface area contributed by atoms with Gasteiger partial charge >= 0.3 is 0 Å². The molecule has 2 N–H and O–H groups in total. The molecule has 8 nitrogen and oxygen atoms in total. The standard InChI is InChI=1S/C22H33N7O/c1-4-19(30)29-11-9-22(10-12-29)7-5-17(6-8-22)25-20-16(2)13-23-21(27-20)26-18-14-24-28(3)15-18/h13-15,17H,4-12H2,1-3H3,(H2,23,25,26,27). The number of piperidine rings is 1. The second-order valence-corrected chi connectivity index (χ2v) is 8.91. The van der Waals surface area contributed by atoms with E-state index >= 15 is 0 Å². The lowest BCUT2D eigenvalue weighted by atomic mass is 9.67. The summed E-state index contributed by atoms with van der Waals surface area (Å²) in [5, 5.41) is 11.0. The molecule has 162 valence electrons. The molecule has 1 aliphatic carbocycles. The quantitative estimate of drug-likeness (QED) is 0.781. The van der Waals surface area contributed by atoms with Crippen LogP contribution in [0.15, 0.2) is 18.6 Å². The number of aryl methyl sites for hydroxylation is 2. The van der Waals surface area contributed by atoms with E-state index in [1.807, 2.05) is 33.3 Å². The Hall–Kier alpha value is -2.64. The number of rotatable bonds is 5. The van der Waals surface area contributed by atoms with Crippen LogP contribution in [-0.4, -0.2) is 49.7 Å². The summed E-state index contributed by atoms with van der Waals surface area (Å²) in [6.07, 6.45) is 13.2. The molecule has 3 heterocycles. The highest BCUT2D eigenvalue weighted by Gasteiger charge is 2.38. The number of nitrogens with zero attached hydrogens (tertiary/aromatic N) is 5. The van der Waals surface area contributed by atoms with E-state index in [-0.39, 0.29) is 0 Å². The molecule has 0 unspecified atom stereocenters. The average molecular weight is 412 g/mol. The molecule has 0 atom stereocenters. The van der Waals surface area contributed by atoms with Crippen molar-refractivity contribution in [3.63, 3.8) is 0 Å². The zero-order valence-corrected chi connectivity index (χ0v) is 18.3. The summed E-state index contributed by atoms with van der Waals surface area (Å²) in [5.41, 5.74) is 2.36. The van der Waals surface area contributed by atoms with Gasteiger partial charge in [0.25, 0.3) is 0 Å². The third kappa shape index (κ3) is 4.57. The van der Waals surface area contributed by atoms with Crippen molar-refractivity contribution in [1.29, 1.82) is 0 Å². The third-order valence-electron chi connectivity index (χ3n) is 6.80. The van der Waals surface area contributed by atoms with Crippen molar-refractivity contribution in [3.05, 3.63) is 24.2 Å². The van der Waals surface area contributed by atoms with Gasteiger partial charge in [-0.3, -0.25) is 9.48 Å². The second-order valence-electron chi connectivity index (χ2n) is 8.91. The summed E-state index contributed by atoms with van der Waals surface area (Å²) in [7, 11) is 1.88. The van der Waals surface area contributed by atoms with Crippen LogP contribution in [0.3, 0.4) is 0 Å². The molecule has 2 aromatic rings. The minimum Gasteiger partial charge on any atom is -0.367 e. The summed E-state index contributed by atoms with van der Waals surface area (Å²) in [4.78, 5) is 23.1. The van der Waals surface area contributed by atoms with E-state index < -0.39 is 0 Å². The van der Waals surface area contributed by atoms with Crippen molar-refractivity contribution < 1.29 is 4.79 Å². The Kier molecular flexibility index (Phi) is 5.92. The van der Waals surface area contributed by atoms with Crippen LogP contribution < -0.4 is 10.6 Å². The highest BCUT2D eigenvalue weighted by atomic mass is 16.2. The Bertz CT molecular complexity index is 875. The number of nitrogens with one attached hydrogen (secondary N) is 2. The van der Waals surface area contributed by atoms with Gasteiger partial charge in [0.2, 0.25) is 11.9 Å². The Balaban J connectivity index is 1.33. The van der Waals surface area contributed by atoms with E-state index in [4.69, 9.17) is 4.98 Å². The molecule has 30 heavy (non-hydrogen) atoms. The van der Waals surface area contributed by atoms with Crippen molar-refractivity contribution in [2.45, 2.75) is 64.8 Å². The molecule has 8 heteroatoms. The smallest absolute Gasteiger partial charge is 0.229 e. The van der Waals surface area contributed by atoms with Gasteiger partial charge in [0.15, 0.2) is 0 Å². The first-order valence-corrected chi connectivity index (χ1v) is 11.1. The van der Waals surface area contributed by atoms with E-state index in [2.05, 4.69) is 25.6 Å². The summed E-state index contributed by atoms with van der Waals surface area (Å²) < 4.78 is 1.75.